The van der Waals surface area contributed by atoms with Gasteiger partial charge in [0.1, 0.15) is 0 Å². The Bertz CT molecular complexity index is 620. The summed E-state index contributed by atoms with van der Waals surface area (Å²) >= 11 is 0. The van der Waals surface area contributed by atoms with Crippen molar-refractivity contribution < 1.29 is 18.3 Å². The van der Waals surface area contributed by atoms with Gasteiger partial charge in [-0.15, -0.1) is 0 Å². The summed E-state index contributed by atoms with van der Waals surface area (Å²) in [5, 5.41) is 17.3. The number of benzene rings is 1. The van der Waals surface area contributed by atoms with E-state index >= 15 is 0 Å². The van der Waals surface area contributed by atoms with Crippen LogP contribution in [0.4, 0.5) is 0 Å². The van der Waals surface area contributed by atoms with Crippen LogP contribution in [0.25, 0.3) is 0 Å². The van der Waals surface area contributed by atoms with Crippen molar-refractivity contribution in [3.05, 3.63) is 29.8 Å². The van der Waals surface area contributed by atoms with Gasteiger partial charge in [0.2, 0.25) is 10.0 Å². The maximum Gasteiger partial charge on any atom is 0.303 e. The first-order chi connectivity index (χ1) is 9.35. The number of carboxylic acids is 1. The van der Waals surface area contributed by atoms with Gasteiger partial charge in [-0.25, -0.2) is 13.1 Å². The van der Waals surface area contributed by atoms with E-state index in [9.17, 15) is 13.2 Å². The van der Waals surface area contributed by atoms with Crippen LogP contribution in [0.2, 0.25) is 0 Å². The molecule has 0 aliphatic rings. The Morgan fingerprint density at radius 2 is 2.20 bits per heavy atom. The highest BCUT2D eigenvalue weighted by Crippen LogP contribution is 2.12. The smallest absolute Gasteiger partial charge is 0.303 e. The molecular weight excluding hydrogens is 280 g/mol. The van der Waals surface area contributed by atoms with Crippen LogP contribution in [0.3, 0.4) is 0 Å². The highest BCUT2D eigenvalue weighted by molar-refractivity contribution is 7.89. The Morgan fingerprint density at radius 3 is 2.80 bits per heavy atom. The third kappa shape index (κ3) is 4.99. The van der Waals surface area contributed by atoms with Crippen molar-refractivity contribution in [2.24, 2.45) is 0 Å². The molecule has 2 N–H and O–H groups in total. The van der Waals surface area contributed by atoms with Crippen molar-refractivity contribution in [2.75, 3.05) is 0 Å². The van der Waals surface area contributed by atoms with Crippen LogP contribution in [-0.4, -0.2) is 25.5 Å². The monoisotopic (exact) mass is 296 g/mol. The second kappa shape index (κ2) is 7.03. The van der Waals surface area contributed by atoms with E-state index in [2.05, 4.69) is 4.72 Å². The lowest BCUT2D eigenvalue weighted by Gasteiger charge is -2.13. The van der Waals surface area contributed by atoms with Crippen molar-refractivity contribution in [1.29, 1.82) is 5.26 Å². The number of hydrogen-bond donors (Lipinski definition) is 2. The summed E-state index contributed by atoms with van der Waals surface area (Å²) < 4.78 is 26.6. The standard InChI is InChI=1S/C13H16N2O4S/c1-10(4-2-7-13(16)17)15-20(18,19)12-6-3-5-11(8-12)9-14/h3,5-6,8,10,15H,2,4,7H2,1H3,(H,16,17). The summed E-state index contributed by atoms with van der Waals surface area (Å²) in [5.74, 6) is -0.901. The van der Waals surface area contributed by atoms with Crippen molar-refractivity contribution >= 4 is 16.0 Å². The molecule has 0 spiro atoms. The van der Waals surface area contributed by atoms with E-state index in [1.54, 1.807) is 6.92 Å². The second-order valence-corrected chi connectivity index (χ2v) is 6.16. The Hall–Kier alpha value is -1.91. The molecule has 1 atom stereocenters. The van der Waals surface area contributed by atoms with Crippen LogP contribution in [0.15, 0.2) is 29.2 Å². The van der Waals surface area contributed by atoms with E-state index < -0.39 is 16.0 Å². The third-order valence-corrected chi connectivity index (χ3v) is 4.24. The zero-order valence-electron chi connectivity index (χ0n) is 11.0. The van der Waals surface area contributed by atoms with E-state index in [0.29, 0.717) is 12.8 Å². The van der Waals surface area contributed by atoms with Crippen LogP contribution in [0.1, 0.15) is 31.7 Å². The van der Waals surface area contributed by atoms with Crippen molar-refractivity contribution in [1.82, 2.24) is 4.72 Å². The molecule has 0 aliphatic carbocycles. The molecule has 1 rings (SSSR count). The Kier molecular flexibility index (Phi) is 5.67. The second-order valence-electron chi connectivity index (χ2n) is 4.45. The minimum Gasteiger partial charge on any atom is -0.481 e. The van der Waals surface area contributed by atoms with Gasteiger partial charge >= 0.3 is 5.97 Å². The van der Waals surface area contributed by atoms with E-state index in [1.165, 1.54) is 24.3 Å². The number of nitrogens with zero attached hydrogens (tertiary/aromatic N) is 1. The molecule has 0 saturated heterocycles. The molecule has 0 amide bonds. The lowest BCUT2D eigenvalue weighted by molar-refractivity contribution is -0.137. The molecule has 0 heterocycles. The van der Waals surface area contributed by atoms with E-state index in [-0.39, 0.29) is 22.9 Å². The number of rotatable bonds is 7. The maximum atomic E-state index is 12.1. The number of hydrogen-bond acceptors (Lipinski definition) is 4. The molecule has 6 nitrogen and oxygen atoms in total. The molecule has 1 aromatic carbocycles. The predicted octanol–water partition coefficient (Wildman–Crippen LogP) is 1.48. The first kappa shape index (κ1) is 16.1. The predicted molar refractivity (Wildman–Crippen MR) is 72.4 cm³/mol. The van der Waals surface area contributed by atoms with Gasteiger partial charge in [-0.2, -0.15) is 5.26 Å². The Balaban J connectivity index is 2.69. The van der Waals surface area contributed by atoms with Crippen LogP contribution in [-0.2, 0) is 14.8 Å². The first-order valence-corrected chi connectivity index (χ1v) is 7.58. The van der Waals surface area contributed by atoms with Crippen LogP contribution < -0.4 is 4.72 Å². The molecule has 108 valence electrons. The lowest BCUT2D eigenvalue weighted by atomic mass is 10.1. The lowest BCUT2D eigenvalue weighted by Crippen LogP contribution is -2.32. The number of carbonyl (C=O) groups is 1. The fraction of sp³-hybridized carbons (Fsp3) is 0.385. The molecule has 7 heteroatoms. The summed E-state index contributed by atoms with van der Waals surface area (Å²) in [6, 6.07) is 7.24. The van der Waals surface area contributed by atoms with Gasteiger partial charge in [-0.3, -0.25) is 4.79 Å². The van der Waals surface area contributed by atoms with Gasteiger partial charge in [0.25, 0.3) is 0 Å². The molecule has 0 bridgehead atoms. The average Bonchev–Trinajstić information content (AvgIpc) is 2.37. The fourth-order valence-electron chi connectivity index (χ4n) is 1.68. The molecule has 0 aromatic heterocycles. The molecule has 0 saturated carbocycles. The summed E-state index contributed by atoms with van der Waals surface area (Å²) in [6.07, 6.45) is 0.844. The maximum absolute atomic E-state index is 12.1. The van der Waals surface area contributed by atoms with E-state index in [1.807, 2.05) is 6.07 Å². The molecule has 0 aliphatic heterocycles. The first-order valence-electron chi connectivity index (χ1n) is 6.09. The van der Waals surface area contributed by atoms with Crippen molar-refractivity contribution in [3.8, 4) is 6.07 Å². The Morgan fingerprint density at radius 1 is 1.50 bits per heavy atom. The van der Waals surface area contributed by atoms with E-state index in [4.69, 9.17) is 10.4 Å². The molecule has 0 radical (unpaired) electrons. The van der Waals surface area contributed by atoms with E-state index in [0.717, 1.165) is 0 Å². The third-order valence-electron chi connectivity index (χ3n) is 2.66. The Labute approximate surface area is 118 Å². The molecule has 0 fully saturated rings. The van der Waals surface area contributed by atoms with Gasteiger partial charge < -0.3 is 5.11 Å². The van der Waals surface area contributed by atoms with Crippen LogP contribution in [0, 0.1) is 11.3 Å². The van der Waals surface area contributed by atoms with Crippen LogP contribution >= 0.6 is 0 Å². The topological polar surface area (TPSA) is 107 Å². The van der Waals surface area contributed by atoms with Crippen LogP contribution in [0.5, 0.6) is 0 Å². The number of sulfonamides is 1. The quantitative estimate of drug-likeness (QED) is 0.792. The normalized spacial score (nSPS) is 12.6. The highest BCUT2D eigenvalue weighted by Gasteiger charge is 2.17. The van der Waals surface area contributed by atoms with Crippen molar-refractivity contribution in [2.45, 2.75) is 37.1 Å². The summed E-state index contributed by atoms with van der Waals surface area (Å²) in [5.41, 5.74) is 0.270. The summed E-state index contributed by atoms with van der Waals surface area (Å²) in [7, 11) is -3.69. The van der Waals surface area contributed by atoms with Gasteiger partial charge in [-0.05, 0) is 38.0 Å². The minimum atomic E-state index is -3.69. The average molecular weight is 296 g/mol. The fourth-order valence-corrected chi connectivity index (χ4v) is 3.01. The highest BCUT2D eigenvalue weighted by atomic mass is 32.2. The SMILES string of the molecule is CC(CCCC(=O)O)NS(=O)(=O)c1cccc(C#N)c1. The zero-order valence-corrected chi connectivity index (χ0v) is 11.9. The van der Waals surface area contributed by atoms with Gasteiger partial charge in [0, 0.05) is 12.5 Å². The molecule has 1 unspecified atom stereocenters. The van der Waals surface area contributed by atoms with Gasteiger partial charge in [0.15, 0.2) is 0 Å². The largest absolute Gasteiger partial charge is 0.481 e. The van der Waals surface area contributed by atoms with Gasteiger partial charge in [-0.1, -0.05) is 6.07 Å². The number of nitrogens with one attached hydrogen (secondary N) is 1. The molecule has 20 heavy (non-hydrogen) atoms. The minimum absolute atomic E-state index is 0.00991. The summed E-state index contributed by atoms with van der Waals surface area (Å²) in [6.45, 7) is 1.67. The van der Waals surface area contributed by atoms with Gasteiger partial charge in [0.05, 0.1) is 16.5 Å². The molecule has 1 aromatic rings. The number of carboxylic acid groups (broad SMARTS) is 1. The van der Waals surface area contributed by atoms with Crippen molar-refractivity contribution in [3.63, 3.8) is 0 Å². The zero-order chi connectivity index (χ0) is 15.2. The number of nitriles is 1. The molecular formula is C13H16N2O4S. The summed E-state index contributed by atoms with van der Waals surface area (Å²) in [4.78, 5) is 10.4. The number of aliphatic carboxylic acids is 1.